The Morgan fingerprint density at radius 3 is 0.758 bits per heavy atom. The minimum absolute atomic E-state index is 0.168. The van der Waals surface area contributed by atoms with Crippen LogP contribution < -0.4 is 58.8 Å². The van der Waals surface area contributed by atoms with E-state index in [9.17, 15) is 0 Å². The van der Waals surface area contributed by atoms with Crippen molar-refractivity contribution in [2.75, 3.05) is 101 Å². The van der Waals surface area contributed by atoms with Crippen LogP contribution in [0.25, 0.3) is 0 Å². The SMILES string of the molecule is CC.CC.CC.CC.CC.CC.CC.CC.CC.CC.CC.CC.Cc1ccccc1N1c2cncnc2N(C)C1C.Cc1cccnc1N1c2cncnc2N(C)C1C.Cc1ccncc1N1c2cncnc2N(C)C1C.Cc1cnccc1N1c2cncnc2N(C)C1C.Cc1ncccc1N1c2cncnc2N(C)C1C.Cc1ncncc1N1c2cncnc2N(C)C1C. The van der Waals surface area contributed by atoms with Crippen molar-refractivity contribution in [2.45, 2.75) is 286 Å². The van der Waals surface area contributed by atoms with Crippen LogP contribution in [0.1, 0.15) is 241 Å². The molecule has 0 bridgehead atoms. The van der Waals surface area contributed by atoms with Crippen LogP contribution in [0, 0.1) is 41.5 Å². The first kappa shape index (κ1) is 117. The van der Waals surface area contributed by atoms with Gasteiger partial charge < -0.3 is 58.8 Å². The third kappa shape index (κ3) is 27.6. The molecular weight excluding hydrogens is 1650 g/mol. The average Bonchev–Trinajstić information content (AvgIpc) is 1.66. The number of benzene rings is 1. The van der Waals surface area contributed by atoms with Gasteiger partial charge in [0, 0.05) is 84.6 Å². The molecule has 12 aromatic rings. The van der Waals surface area contributed by atoms with Gasteiger partial charge in [-0.2, -0.15) is 0 Å². The lowest BCUT2D eigenvalue weighted by atomic mass is 10.1. The van der Waals surface area contributed by atoms with Crippen LogP contribution in [-0.4, -0.2) is 169 Å². The van der Waals surface area contributed by atoms with Gasteiger partial charge in [0.25, 0.3) is 0 Å². The molecular formula is C102H162N30. The zero-order valence-electron chi connectivity index (χ0n) is 88.2. The number of pyridine rings is 4. The van der Waals surface area contributed by atoms with E-state index in [4.69, 9.17) is 0 Å². The molecule has 1 aromatic carbocycles. The first-order valence-electron chi connectivity index (χ1n) is 47.6. The summed E-state index contributed by atoms with van der Waals surface area (Å²) in [5.74, 6) is 6.71. The highest BCUT2D eigenvalue weighted by molar-refractivity contribution is 5.86. The number of aromatic nitrogens is 18. The third-order valence-corrected chi connectivity index (χ3v) is 20.7. The quantitative estimate of drug-likeness (QED) is 0.150. The second kappa shape index (κ2) is 62.3. The molecule has 0 N–H and O–H groups in total. The van der Waals surface area contributed by atoms with Gasteiger partial charge in [-0.15, -0.1) is 0 Å². The highest BCUT2D eigenvalue weighted by atomic mass is 15.5. The second-order valence-corrected chi connectivity index (χ2v) is 26.9. The fourth-order valence-corrected chi connectivity index (χ4v) is 14.2. The van der Waals surface area contributed by atoms with E-state index in [2.05, 4.69) is 261 Å². The van der Waals surface area contributed by atoms with E-state index < -0.39 is 0 Å². The summed E-state index contributed by atoms with van der Waals surface area (Å²) in [5.41, 5.74) is 18.4. The van der Waals surface area contributed by atoms with Gasteiger partial charge in [-0.3, -0.25) is 15.0 Å². The van der Waals surface area contributed by atoms with Crippen molar-refractivity contribution in [3.63, 3.8) is 0 Å². The molecule has 18 rings (SSSR count). The van der Waals surface area contributed by atoms with Crippen molar-refractivity contribution in [3.05, 3.63) is 219 Å². The Balaban J connectivity index is 0.000000756. The van der Waals surface area contributed by atoms with Crippen molar-refractivity contribution in [3.8, 4) is 0 Å². The first-order valence-corrected chi connectivity index (χ1v) is 47.6. The molecule has 132 heavy (non-hydrogen) atoms. The van der Waals surface area contributed by atoms with E-state index in [1.54, 1.807) is 44.3 Å². The van der Waals surface area contributed by atoms with Crippen LogP contribution in [-0.2, 0) is 0 Å². The fraction of sp³-hybridized carbons (Fsp3) is 0.471. The Morgan fingerprint density at radius 2 is 0.424 bits per heavy atom. The summed E-state index contributed by atoms with van der Waals surface area (Å²) in [6.07, 6.45) is 36.3. The van der Waals surface area contributed by atoms with E-state index >= 15 is 0 Å². The summed E-state index contributed by atoms with van der Waals surface area (Å²) >= 11 is 0. The zero-order valence-corrected chi connectivity index (χ0v) is 88.2. The number of fused-ring (bicyclic) bond motifs is 6. The van der Waals surface area contributed by atoms with Crippen LogP contribution in [0.4, 0.5) is 103 Å². The highest BCUT2D eigenvalue weighted by Gasteiger charge is 2.40. The summed E-state index contributed by atoms with van der Waals surface area (Å²) < 4.78 is 0. The summed E-state index contributed by atoms with van der Waals surface area (Å²) in [6, 6.07) is 20.5. The van der Waals surface area contributed by atoms with Gasteiger partial charge in [0.1, 0.15) is 121 Å². The molecule has 0 radical (unpaired) electrons. The summed E-state index contributed by atoms with van der Waals surface area (Å²) in [7, 11) is 12.3. The third-order valence-electron chi connectivity index (χ3n) is 20.7. The number of aryl methyl sites for hydroxylation is 6. The molecule has 0 fully saturated rings. The van der Waals surface area contributed by atoms with Crippen molar-refractivity contribution >= 4 is 103 Å². The van der Waals surface area contributed by atoms with Crippen molar-refractivity contribution in [1.82, 2.24) is 89.7 Å². The van der Waals surface area contributed by atoms with Crippen LogP contribution in [0.2, 0.25) is 0 Å². The average molecular weight is 1810 g/mol. The number of anilines is 18. The smallest absolute Gasteiger partial charge is 0.157 e. The molecule has 0 saturated carbocycles. The first-order chi connectivity index (χ1) is 64.2. The standard InChI is InChI=1S/C14H16N4.4C13H15N5.C12H14N6.12C2H6/c1-10-6-4-5-7-12(10)18-11(2)17(3)14-13(18)8-15-9-16-14;1-9-6-14-5-4-11(9)18-10(2)17(3)13-12(18)7-15-8-16-13;1-9-4-5-14-6-11(9)18-10(2)17(3)13-12(18)7-15-8-16-13;1-9-11(5-4-6-15-9)18-10(2)17(3)13-12(18)7-14-8-16-13;1-9-5-4-6-15-12(9)18-10(2)17(3)13-11(18)7-14-8-16-13;1-8-10(4-13-6-15-8)18-9(2)17(3)12-11(18)5-14-7-16-12;12*1-2/h4-9,11H,1-3H3;4*4-8,10H,1-3H3;4-7,9H,1-3H3;12*1-2H3. The molecule has 720 valence electrons. The zero-order chi connectivity index (χ0) is 100. The Morgan fingerprint density at radius 1 is 0.182 bits per heavy atom. The lowest BCUT2D eigenvalue weighted by molar-refractivity contribution is 0.721. The van der Waals surface area contributed by atoms with Crippen LogP contribution in [0.3, 0.4) is 0 Å². The Hall–Kier alpha value is -13.0. The Bertz CT molecular complexity index is 4320. The molecule has 0 spiro atoms. The topological polar surface area (TPSA) is 271 Å². The number of hydrogen-bond acceptors (Lipinski definition) is 30. The van der Waals surface area contributed by atoms with Crippen LogP contribution in [0.5, 0.6) is 0 Å². The van der Waals surface area contributed by atoms with Gasteiger partial charge in [-0.25, -0.2) is 74.8 Å². The predicted molar refractivity (Wildman–Crippen MR) is 562 cm³/mol. The number of hydrogen-bond donors (Lipinski definition) is 0. The van der Waals surface area contributed by atoms with E-state index in [1.807, 2.05) is 320 Å². The van der Waals surface area contributed by atoms with E-state index in [1.165, 1.54) is 16.8 Å². The summed E-state index contributed by atoms with van der Waals surface area (Å²) in [4.78, 5) is 103. The molecule has 0 aliphatic carbocycles. The molecule has 6 aliphatic rings. The molecule has 6 aliphatic heterocycles. The Kier molecular flexibility index (Phi) is 55.2. The van der Waals surface area contributed by atoms with E-state index in [-0.39, 0.29) is 37.0 Å². The lowest BCUT2D eigenvalue weighted by Crippen LogP contribution is -2.36. The maximum absolute atomic E-state index is 4.49. The second-order valence-electron chi connectivity index (χ2n) is 26.9. The molecule has 17 heterocycles. The van der Waals surface area contributed by atoms with Gasteiger partial charge in [0.05, 0.1) is 78.0 Å². The Labute approximate surface area is 795 Å². The van der Waals surface area contributed by atoms with Crippen molar-refractivity contribution in [2.24, 2.45) is 0 Å². The monoisotopic (exact) mass is 1810 g/mol. The molecule has 0 amide bonds. The fourth-order valence-electron chi connectivity index (χ4n) is 14.2. The largest absolute Gasteiger partial charge is 0.337 e. The maximum Gasteiger partial charge on any atom is 0.157 e. The molecule has 30 nitrogen and oxygen atoms in total. The van der Waals surface area contributed by atoms with Gasteiger partial charge in [0.15, 0.2) is 34.9 Å². The molecule has 30 heteroatoms. The normalized spacial score (nSPS) is 15.3. The molecule has 0 saturated heterocycles. The molecule has 11 aromatic heterocycles. The van der Waals surface area contributed by atoms with Crippen LogP contribution in [0.15, 0.2) is 186 Å². The molecule has 6 unspecified atom stereocenters. The van der Waals surface area contributed by atoms with E-state index in [0.717, 1.165) is 120 Å². The highest BCUT2D eigenvalue weighted by Crippen LogP contribution is 2.48. The van der Waals surface area contributed by atoms with Crippen LogP contribution >= 0.6 is 0 Å². The molecule has 6 atom stereocenters. The van der Waals surface area contributed by atoms with Gasteiger partial charge >= 0.3 is 0 Å². The number of nitrogens with zero attached hydrogens (tertiary/aromatic N) is 30. The maximum atomic E-state index is 4.49. The van der Waals surface area contributed by atoms with Crippen molar-refractivity contribution in [1.29, 1.82) is 0 Å². The number of para-hydroxylation sites is 1. The van der Waals surface area contributed by atoms with Crippen molar-refractivity contribution < 1.29 is 0 Å². The van der Waals surface area contributed by atoms with E-state index in [0.29, 0.717) is 0 Å². The van der Waals surface area contributed by atoms with Gasteiger partial charge in [-0.1, -0.05) is 190 Å². The summed E-state index contributed by atoms with van der Waals surface area (Å²) in [6.45, 7) is 73.2. The minimum Gasteiger partial charge on any atom is -0.337 e. The lowest BCUT2D eigenvalue weighted by Gasteiger charge is -2.28. The predicted octanol–water partition coefficient (Wildman–Crippen LogP) is 25.0. The van der Waals surface area contributed by atoms with Gasteiger partial charge in [0.2, 0.25) is 0 Å². The minimum atomic E-state index is 0.168. The summed E-state index contributed by atoms with van der Waals surface area (Å²) in [5, 5.41) is 0. The van der Waals surface area contributed by atoms with Gasteiger partial charge in [-0.05, 0) is 142 Å². The number of rotatable bonds is 6.